The summed E-state index contributed by atoms with van der Waals surface area (Å²) in [5, 5.41) is 0.797. The lowest BCUT2D eigenvalue weighted by Crippen LogP contribution is -2.06. The number of fused-ring (bicyclic) bond motifs is 1. The Bertz CT molecular complexity index is 566. The summed E-state index contributed by atoms with van der Waals surface area (Å²) in [4.78, 5) is 16.1. The lowest BCUT2D eigenvalue weighted by Gasteiger charge is -2.07. The molecular formula is C14H15NO3. The van der Waals surface area contributed by atoms with Gasteiger partial charge in [0.1, 0.15) is 0 Å². The normalized spacial score (nSPS) is 10.6. The molecule has 4 nitrogen and oxygen atoms in total. The van der Waals surface area contributed by atoms with Crippen LogP contribution in [0, 0.1) is 0 Å². The number of pyridine rings is 1. The molecule has 4 heteroatoms. The summed E-state index contributed by atoms with van der Waals surface area (Å²) in [6.45, 7) is 2.66. The molecule has 1 heterocycles. The number of methoxy groups -OCH3 is 1. The first-order chi connectivity index (χ1) is 8.76. The zero-order valence-electron chi connectivity index (χ0n) is 10.5. The van der Waals surface area contributed by atoms with Crippen molar-refractivity contribution in [3.63, 3.8) is 0 Å². The number of aromatic nitrogens is 1. The van der Waals surface area contributed by atoms with Crippen LogP contribution in [0.2, 0.25) is 0 Å². The van der Waals surface area contributed by atoms with Gasteiger partial charge in [-0.25, -0.2) is 4.79 Å². The van der Waals surface area contributed by atoms with Crippen LogP contribution in [-0.4, -0.2) is 24.7 Å². The van der Waals surface area contributed by atoms with Gasteiger partial charge in [-0.1, -0.05) is 6.07 Å². The van der Waals surface area contributed by atoms with Gasteiger partial charge in [0.2, 0.25) is 0 Å². The van der Waals surface area contributed by atoms with E-state index in [4.69, 9.17) is 9.47 Å². The second kappa shape index (κ2) is 5.60. The van der Waals surface area contributed by atoms with Gasteiger partial charge in [0.15, 0.2) is 0 Å². The van der Waals surface area contributed by atoms with Crippen LogP contribution in [0.3, 0.4) is 0 Å². The van der Waals surface area contributed by atoms with Gasteiger partial charge in [0.25, 0.3) is 0 Å². The van der Waals surface area contributed by atoms with Gasteiger partial charge in [0.05, 0.1) is 24.3 Å². The average Bonchev–Trinajstić information content (AvgIpc) is 2.38. The van der Waals surface area contributed by atoms with E-state index in [1.165, 1.54) is 0 Å². The van der Waals surface area contributed by atoms with Crippen molar-refractivity contribution in [1.82, 2.24) is 4.98 Å². The lowest BCUT2D eigenvalue weighted by atomic mass is 10.1. The Morgan fingerprint density at radius 1 is 1.33 bits per heavy atom. The molecule has 0 saturated carbocycles. The van der Waals surface area contributed by atoms with Gasteiger partial charge in [-0.05, 0) is 30.7 Å². The topological polar surface area (TPSA) is 48.4 Å². The Balaban J connectivity index is 2.51. The van der Waals surface area contributed by atoms with Crippen molar-refractivity contribution in [2.24, 2.45) is 0 Å². The van der Waals surface area contributed by atoms with E-state index < -0.39 is 0 Å². The molecule has 0 aliphatic rings. The number of rotatable bonds is 4. The van der Waals surface area contributed by atoms with Crippen molar-refractivity contribution in [3.05, 3.63) is 41.6 Å². The van der Waals surface area contributed by atoms with Gasteiger partial charge < -0.3 is 9.47 Å². The van der Waals surface area contributed by atoms with Crippen molar-refractivity contribution >= 4 is 16.9 Å². The van der Waals surface area contributed by atoms with E-state index in [9.17, 15) is 4.79 Å². The van der Waals surface area contributed by atoms with E-state index in [2.05, 4.69) is 4.98 Å². The van der Waals surface area contributed by atoms with Crippen molar-refractivity contribution < 1.29 is 14.3 Å². The van der Waals surface area contributed by atoms with Gasteiger partial charge in [0, 0.05) is 18.7 Å². The highest BCUT2D eigenvalue weighted by Crippen LogP contribution is 2.19. The first-order valence-corrected chi connectivity index (χ1v) is 5.80. The molecule has 0 atom stereocenters. The third-order valence-electron chi connectivity index (χ3n) is 2.61. The molecule has 0 unspecified atom stereocenters. The number of carbonyl (C=O) groups is 1. The highest BCUT2D eigenvalue weighted by Gasteiger charge is 2.11. The summed E-state index contributed by atoms with van der Waals surface area (Å²) in [6, 6.07) is 7.41. The quantitative estimate of drug-likeness (QED) is 0.777. The van der Waals surface area contributed by atoms with Crippen LogP contribution in [0.1, 0.15) is 22.8 Å². The summed E-state index contributed by atoms with van der Waals surface area (Å²) in [7, 11) is 1.64. The molecule has 0 fully saturated rings. The molecule has 0 spiro atoms. The maximum absolute atomic E-state index is 11.8. The fraction of sp³-hybridized carbons (Fsp3) is 0.286. The van der Waals surface area contributed by atoms with Crippen LogP contribution < -0.4 is 0 Å². The smallest absolute Gasteiger partial charge is 0.338 e. The minimum atomic E-state index is -0.320. The highest BCUT2D eigenvalue weighted by atomic mass is 16.5. The number of esters is 1. The summed E-state index contributed by atoms with van der Waals surface area (Å²) >= 11 is 0. The third-order valence-corrected chi connectivity index (χ3v) is 2.61. The number of carbonyl (C=O) groups excluding carboxylic acids is 1. The van der Waals surface area contributed by atoms with E-state index in [1.54, 1.807) is 26.3 Å². The van der Waals surface area contributed by atoms with Crippen molar-refractivity contribution in [3.8, 4) is 0 Å². The summed E-state index contributed by atoms with van der Waals surface area (Å²) in [6.07, 6.45) is 1.62. The SMILES string of the molecule is CCOC(=O)c1ccnc2ccc(COC)cc12. The monoisotopic (exact) mass is 245 g/mol. The standard InChI is InChI=1S/C14H15NO3/c1-3-18-14(16)11-6-7-15-13-5-4-10(9-17-2)8-12(11)13/h4-8H,3,9H2,1-2H3. The van der Waals surface area contributed by atoms with Gasteiger partial charge >= 0.3 is 5.97 Å². The Morgan fingerprint density at radius 2 is 2.17 bits per heavy atom. The average molecular weight is 245 g/mol. The zero-order valence-corrected chi connectivity index (χ0v) is 10.5. The second-order valence-corrected chi connectivity index (χ2v) is 3.86. The predicted molar refractivity (Wildman–Crippen MR) is 68.4 cm³/mol. The first-order valence-electron chi connectivity index (χ1n) is 5.80. The minimum Gasteiger partial charge on any atom is -0.462 e. The summed E-state index contributed by atoms with van der Waals surface area (Å²) in [5.41, 5.74) is 2.32. The maximum Gasteiger partial charge on any atom is 0.338 e. The largest absolute Gasteiger partial charge is 0.462 e. The van der Waals surface area contributed by atoms with Crippen LogP contribution >= 0.6 is 0 Å². The Hall–Kier alpha value is -1.94. The second-order valence-electron chi connectivity index (χ2n) is 3.86. The number of hydrogen-bond acceptors (Lipinski definition) is 4. The number of benzene rings is 1. The molecule has 2 rings (SSSR count). The maximum atomic E-state index is 11.8. The fourth-order valence-electron chi connectivity index (χ4n) is 1.84. The van der Waals surface area contributed by atoms with E-state index in [1.807, 2.05) is 18.2 Å². The minimum absolute atomic E-state index is 0.320. The number of nitrogens with zero attached hydrogens (tertiary/aromatic N) is 1. The van der Waals surface area contributed by atoms with Crippen LogP contribution in [0.4, 0.5) is 0 Å². The molecule has 0 saturated heterocycles. The molecule has 1 aromatic heterocycles. The zero-order chi connectivity index (χ0) is 13.0. The molecule has 0 amide bonds. The van der Waals surface area contributed by atoms with E-state index in [0.29, 0.717) is 18.8 Å². The molecule has 94 valence electrons. The van der Waals surface area contributed by atoms with Gasteiger partial charge in [-0.3, -0.25) is 4.98 Å². The highest BCUT2D eigenvalue weighted by molar-refractivity contribution is 6.03. The first kappa shape index (κ1) is 12.5. The lowest BCUT2D eigenvalue weighted by molar-refractivity contribution is 0.0528. The molecule has 0 aliphatic carbocycles. The molecular weight excluding hydrogens is 230 g/mol. The van der Waals surface area contributed by atoms with Crippen LogP contribution in [0.5, 0.6) is 0 Å². The van der Waals surface area contributed by atoms with Crippen molar-refractivity contribution in [2.45, 2.75) is 13.5 Å². The summed E-state index contributed by atoms with van der Waals surface area (Å²) in [5.74, 6) is -0.320. The van der Waals surface area contributed by atoms with Crippen LogP contribution in [0.15, 0.2) is 30.5 Å². The van der Waals surface area contributed by atoms with Crippen molar-refractivity contribution in [1.29, 1.82) is 0 Å². The van der Waals surface area contributed by atoms with Gasteiger partial charge in [-0.15, -0.1) is 0 Å². The van der Waals surface area contributed by atoms with Crippen LogP contribution in [-0.2, 0) is 16.1 Å². The molecule has 1 aromatic carbocycles. The predicted octanol–water partition coefficient (Wildman–Crippen LogP) is 2.56. The summed E-state index contributed by atoms with van der Waals surface area (Å²) < 4.78 is 10.1. The Morgan fingerprint density at radius 3 is 2.89 bits per heavy atom. The molecule has 0 radical (unpaired) electrons. The van der Waals surface area contributed by atoms with Crippen LogP contribution in [0.25, 0.3) is 10.9 Å². The van der Waals surface area contributed by atoms with E-state index >= 15 is 0 Å². The Labute approximate surface area is 106 Å². The molecule has 0 bridgehead atoms. The van der Waals surface area contributed by atoms with E-state index in [0.717, 1.165) is 16.5 Å². The Kier molecular flexibility index (Phi) is 3.89. The van der Waals surface area contributed by atoms with Crippen molar-refractivity contribution in [2.75, 3.05) is 13.7 Å². The molecule has 0 N–H and O–H groups in total. The third kappa shape index (κ3) is 2.49. The number of ether oxygens (including phenoxy) is 2. The molecule has 18 heavy (non-hydrogen) atoms. The molecule has 0 aliphatic heterocycles. The van der Waals surface area contributed by atoms with E-state index in [-0.39, 0.29) is 5.97 Å². The number of hydrogen-bond donors (Lipinski definition) is 0. The molecule has 2 aromatic rings. The fourth-order valence-corrected chi connectivity index (χ4v) is 1.84. The van der Waals surface area contributed by atoms with Gasteiger partial charge in [-0.2, -0.15) is 0 Å².